The summed E-state index contributed by atoms with van der Waals surface area (Å²) in [6.07, 6.45) is 3.29. The summed E-state index contributed by atoms with van der Waals surface area (Å²) in [4.78, 5) is 6.18. The molecule has 2 aromatic rings. The van der Waals surface area contributed by atoms with Gasteiger partial charge < -0.3 is 9.64 Å². The Hall–Kier alpha value is -2.12. The third kappa shape index (κ3) is 3.05. The summed E-state index contributed by atoms with van der Waals surface area (Å²) in [5.41, 5.74) is 1.60. The molecule has 0 saturated heterocycles. The summed E-state index contributed by atoms with van der Waals surface area (Å²) < 4.78 is 32.9. The normalized spacial score (nSPS) is 14.3. The number of hydrogen-bond acceptors (Lipinski definition) is 5. The van der Waals surface area contributed by atoms with Gasteiger partial charge >= 0.3 is 0 Å². The van der Waals surface area contributed by atoms with Crippen LogP contribution in [0.2, 0.25) is 0 Å². The van der Waals surface area contributed by atoms with E-state index in [0.717, 1.165) is 17.8 Å². The predicted octanol–water partition coefficient (Wildman–Crippen LogP) is 1.39. The number of likely N-dealkylation sites (N-methyl/N-ethyl adjacent to an activating group) is 1. The second-order valence-electron chi connectivity index (χ2n) is 5.09. The van der Waals surface area contributed by atoms with Crippen molar-refractivity contribution >= 4 is 15.7 Å². The van der Waals surface area contributed by atoms with Crippen LogP contribution < -0.4 is 14.4 Å². The number of nitrogens with zero attached hydrogens (tertiary/aromatic N) is 2. The third-order valence-electron chi connectivity index (χ3n) is 3.53. The highest BCUT2D eigenvalue weighted by atomic mass is 32.2. The van der Waals surface area contributed by atoms with Crippen molar-refractivity contribution in [2.24, 2.45) is 0 Å². The lowest BCUT2D eigenvalue weighted by molar-refractivity contribution is 0.311. The lowest BCUT2D eigenvalue weighted by Gasteiger charge is -2.28. The molecular formula is C15H17N3O3S. The number of rotatable bonds is 4. The van der Waals surface area contributed by atoms with Gasteiger partial charge in [0.05, 0.1) is 17.1 Å². The number of hydrogen-bond donors (Lipinski definition) is 1. The maximum absolute atomic E-state index is 12.4. The highest BCUT2D eigenvalue weighted by Gasteiger charge is 2.20. The van der Waals surface area contributed by atoms with Crippen LogP contribution in [0.25, 0.3) is 0 Å². The fraction of sp³-hybridized carbons (Fsp3) is 0.267. The highest BCUT2D eigenvalue weighted by molar-refractivity contribution is 7.89. The van der Waals surface area contributed by atoms with Crippen molar-refractivity contribution in [3.05, 3.63) is 48.3 Å². The van der Waals surface area contributed by atoms with E-state index in [1.165, 1.54) is 0 Å². The Morgan fingerprint density at radius 2 is 2.23 bits per heavy atom. The van der Waals surface area contributed by atoms with Crippen LogP contribution in [0, 0.1) is 0 Å². The fourth-order valence-electron chi connectivity index (χ4n) is 2.26. The van der Waals surface area contributed by atoms with Crippen molar-refractivity contribution < 1.29 is 13.2 Å². The summed E-state index contributed by atoms with van der Waals surface area (Å²) in [6.45, 7) is 1.55. The molecule has 7 heteroatoms. The van der Waals surface area contributed by atoms with Gasteiger partial charge in [0, 0.05) is 26.0 Å². The van der Waals surface area contributed by atoms with Gasteiger partial charge in [-0.05, 0) is 29.8 Å². The molecule has 0 spiro atoms. The molecule has 1 aromatic carbocycles. The zero-order valence-corrected chi connectivity index (χ0v) is 13.0. The first-order valence-electron chi connectivity index (χ1n) is 6.93. The van der Waals surface area contributed by atoms with Crippen LogP contribution in [-0.4, -0.2) is 33.6 Å². The number of sulfonamides is 1. The van der Waals surface area contributed by atoms with E-state index in [1.807, 2.05) is 18.0 Å². The average Bonchev–Trinajstić information content (AvgIpc) is 2.54. The van der Waals surface area contributed by atoms with Crippen molar-refractivity contribution in [2.75, 3.05) is 25.1 Å². The molecular weight excluding hydrogens is 302 g/mol. The number of anilines is 1. The Bertz CT molecular complexity index is 763. The predicted molar refractivity (Wildman–Crippen MR) is 83.5 cm³/mol. The molecule has 0 atom stereocenters. The first kappa shape index (κ1) is 14.8. The fourth-order valence-corrected chi connectivity index (χ4v) is 3.30. The molecule has 0 saturated carbocycles. The molecule has 0 aliphatic carbocycles. The maximum atomic E-state index is 12.4. The van der Waals surface area contributed by atoms with Crippen molar-refractivity contribution in [3.63, 3.8) is 0 Å². The Morgan fingerprint density at radius 1 is 1.36 bits per heavy atom. The van der Waals surface area contributed by atoms with E-state index in [0.29, 0.717) is 12.4 Å². The quantitative estimate of drug-likeness (QED) is 0.922. The lowest BCUT2D eigenvalue weighted by atomic mass is 10.2. The van der Waals surface area contributed by atoms with Gasteiger partial charge in [-0.25, -0.2) is 13.1 Å². The minimum Gasteiger partial charge on any atom is -0.490 e. The van der Waals surface area contributed by atoms with Gasteiger partial charge in [0.1, 0.15) is 12.4 Å². The monoisotopic (exact) mass is 319 g/mol. The molecule has 0 fully saturated rings. The molecule has 0 radical (unpaired) electrons. The Kier molecular flexibility index (Phi) is 4.00. The molecule has 22 heavy (non-hydrogen) atoms. The summed E-state index contributed by atoms with van der Waals surface area (Å²) >= 11 is 0. The van der Waals surface area contributed by atoms with E-state index in [2.05, 4.69) is 9.71 Å². The molecule has 0 unspecified atom stereocenters. The van der Waals surface area contributed by atoms with E-state index in [-0.39, 0.29) is 11.4 Å². The minimum atomic E-state index is -3.58. The molecule has 116 valence electrons. The van der Waals surface area contributed by atoms with E-state index >= 15 is 0 Å². The molecule has 0 amide bonds. The van der Waals surface area contributed by atoms with Gasteiger partial charge in [-0.15, -0.1) is 0 Å². The van der Waals surface area contributed by atoms with E-state index < -0.39 is 10.0 Å². The van der Waals surface area contributed by atoms with Gasteiger partial charge in [0.15, 0.2) is 0 Å². The number of nitrogens with one attached hydrogen (secondary N) is 1. The molecule has 1 aliphatic rings. The van der Waals surface area contributed by atoms with Crippen LogP contribution in [0.1, 0.15) is 5.56 Å². The maximum Gasteiger partial charge on any atom is 0.240 e. The minimum absolute atomic E-state index is 0.208. The highest BCUT2D eigenvalue weighted by Crippen LogP contribution is 2.32. The summed E-state index contributed by atoms with van der Waals surface area (Å²) in [6, 6.07) is 8.49. The third-order valence-corrected chi connectivity index (χ3v) is 4.92. The van der Waals surface area contributed by atoms with Crippen LogP contribution >= 0.6 is 0 Å². The summed E-state index contributed by atoms with van der Waals surface area (Å²) in [5.74, 6) is 0.708. The molecule has 3 rings (SSSR count). The summed E-state index contributed by atoms with van der Waals surface area (Å²) in [5, 5.41) is 0. The molecule has 1 N–H and O–H groups in total. The largest absolute Gasteiger partial charge is 0.490 e. The Labute approximate surface area is 129 Å². The van der Waals surface area contributed by atoms with E-state index in [4.69, 9.17) is 4.74 Å². The van der Waals surface area contributed by atoms with Gasteiger partial charge in [0.2, 0.25) is 10.0 Å². The van der Waals surface area contributed by atoms with Crippen LogP contribution in [0.4, 0.5) is 5.69 Å². The second kappa shape index (κ2) is 5.94. The zero-order valence-electron chi connectivity index (χ0n) is 12.2. The van der Waals surface area contributed by atoms with E-state index in [9.17, 15) is 8.42 Å². The number of fused-ring (bicyclic) bond motifs is 1. The van der Waals surface area contributed by atoms with E-state index in [1.54, 1.807) is 36.7 Å². The number of ether oxygens (including phenoxy) is 1. The van der Waals surface area contributed by atoms with Crippen LogP contribution in [-0.2, 0) is 16.6 Å². The lowest BCUT2D eigenvalue weighted by Crippen LogP contribution is -2.29. The van der Waals surface area contributed by atoms with Crippen LogP contribution in [0.15, 0.2) is 47.6 Å². The number of benzene rings is 1. The number of aromatic nitrogens is 1. The van der Waals surface area contributed by atoms with Crippen molar-refractivity contribution in [2.45, 2.75) is 11.4 Å². The Morgan fingerprint density at radius 3 is 3.00 bits per heavy atom. The topological polar surface area (TPSA) is 71.5 Å². The van der Waals surface area contributed by atoms with Gasteiger partial charge in [-0.1, -0.05) is 6.07 Å². The first-order valence-corrected chi connectivity index (χ1v) is 8.41. The SMILES string of the molecule is CN1CCOc2ccc(S(=O)(=O)NCc3cccnc3)cc21. The average molecular weight is 319 g/mol. The molecule has 1 aliphatic heterocycles. The van der Waals surface area contributed by atoms with Crippen LogP contribution in [0.3, 0.4) is 0 Å². The Balaban J connectivity index is 1.82. The second-order valence-corrected chi connectivity index (χ2v) is 6.85. The zero-order chi connectivity index (χ0) is 15.6. The molecule has 2 heterocycles. The molecule has 1 aromatic heterocycles. The van der Waals surface area contributed by atoms with Gasteiger partial charge in [-0.2, -0.15) is 0 Å². The summed E-state index contributed by atoms with van der Waals surface area (Å²) in [7, 11) is -1.66. The van der Waals surface area contributed by atoms with Crippen molar-refractivity contribution in [1.82, 2.24) is 9.71 Å². The smallest absolute Gasteiger partial charge is 0.240 e. The first-order chi connectivity index (χ1) is 10.6. The molecule has 0 bridgehead atoms. The van der Waals surface area contributed by atoms with Crippen LogP contribution in [0.5, 0.6) is 5.75 Å². The molecule has 6 nitrogen and oxygen atoms in total. The van der Waals surface area contributed by atoms with Crippen molar-refractivity contribution in [3.8, 4) is 5.75 Å². The number of pyridine rings is 1. The standard InChI is InChI=1S/C15H17N3O3S/c1-18-7-8-21-15-5-4-13(9-14(15)18)22(19,20)17-11-12-3-2-6-16-10-12/h2-6,9-10,17H,7-8,11H2,1H3. The van der Waals surface area contributed by atoms with Crippen molar-refractivity contribution in [1.29, 1.82) is 0 Å². The van der Waals surface area contributed by atoms with Gasteiger partial charge in [-0.3, -0.25) is 4.98 Å². The van der Waals surface area contributed by atoms with Gasteiger partial charge in [0.25, 0.3) is 0 Å².